The number of hydrogen-bond donors (Lipinski definition) is 0. The SMILES string of the molecule is CC/C=C(\C)CC/C=C(\C)CCC=C(F)F. The van der Waals surface area contributed by atoms with Crippen LogP contribution in [0.5, 0.6) is 0 Å². The highest BCUT2D eigenvalue weighted by Crippen LogP contribution is 2.12. The molecule has 0 aromatic rings. The highest BCUT2D eigenvalue weighted by molar-refractivity contribution is 5.04. The van der Waals surface area contributed by atoms with Crippen molar-refractivity contribution in [1.82, 2.24) is 0 Å². The quantitative estimate of drug-likeness (QED) is 0.495. The maximum Gasteiger partial charge on any atom is 0.266 e. The Kier molecular flexibility index (Phi) is 8.78. The lowest BCUT2D eigenvalue weighted by molar-refractivity contribution is 0.417. The predicted molar refractivity (Wildman–Crippen MR) is 66.6 cm³/mol. The Labute approximate surface area is 97.7 Å². The molecule has 0 radical (unpaired) electrons. The Morgan fingerprint density at radius 3 is 1.88 bits per heavy atom. The first-order valence-electron chi connectivity index (χ1n) is 5.88. The van der Waals surface area contributed by atoms with E-state index in [0.717, 1.165) is 31.8 Å². The van der Waals surface area contributed by atoms with Crippen molar-refractivity contribution in [2.24, 2.45) is 0 Å². The molecule has 0 aliphatic carbocycles. The fraction of sp³-hybridized carbons (Fsp3) is 0.571. The largest absolute Gasteiger partial charge is 0.266 e. The molecule has 0 bridgehead atoms. The molecule has 92 valence electrons. The van der Waals surface area contributed by atoms with Gasteiger partial charge in [0, 0.05) is 0 Å². The summed E-state index contributed by atoms with van der Waals surface area (Å²) < 4.78 is 23.5. The van der Waals surface area contributed by atoms with E-state index in [1.807, 2.05) is 6.92 Å². The molecule has 0 N–H and O–H groups in total. The second-order valence-electron chi connectivity index (χ2n) is 4.08. The highest BCUT2D eigenvalue weighted by atomic mass is 19.3. The first-order chi connectivity index (χ1) is 7.56. The van der Waals surface area contributed by atoms with Gasteiger partial charge in [0.25, 0.3) is 6.08 Å². The van der Waals surface area contributed by atoms with E-state index in [1.54, 1.807) is 0 Å². The van der Waals surface area contributed by atoms with Gasteiger partial charge in [0.05, 0.1) is 0 Å². The van der Waals surface area contributed by atoms with Crippen LogP contribution in [0.3, 0.4) is 0 Å². The second-order valence-corrected chi connectivity index (χ2v) is 4.08. The van der Waals surface area contributed by atoms with Gasteiger partial charge in [0.15, 0.2) is 0 Å². The third kappa shape index (κ3) is 9.63. The smallest absolute Gasteiger partial charge is 0.174 e. The summed E-state index contributed by atoms with van der Waals surface area (Å²) in [7, 11) is 0. The monoisotopic (exact) mass is 228 g/mol. The van der Waals surface area contributed by atoms with E-state index in [2.05, 4.69) is 26.0 Å². The van der Waals surface area contributed by atoms with Crippen LogP contribution >= 0.6 is 0 Å². The lowest BCUT2D eigenvalue weighted by atomic mass is 10.1. The van der Waals surface area contributed by atoms with Gasteiger partial charge in [-0.15, -0.1) is 0 Å². The molecule has 2 heteroatoms. The van der Waals surface area contributed by atoms with Crippen molar-refractivity contribution < 1.29 is 8.78 Å². The molecule has 0 nitrogen and oxygen atoms in total. The molecule has 16 heavy (non-hydrogen) atoms. The van der Waals surface area contributed by atoms with Crippen LogP contribution in [0.4, 0.5) is 8.78 Å². The molecular weight excluding hydrogens is 206 g/mol. The summed E-state index contributed by atoms with van der Waals surface area (Å²) >= 11 is 0. The van der Waals surface area contributed by atoms with E-state index in [-0.39, 0.29) is 0 Å². The van der Waals surface area contributed by atoms with Gasteiger partial charge in [-0.3, -0.25) is 0 Å². The highest BCUT2D eigenvalue weighted by Gasteiger charge is 1.92. The third-order valence-corrected chi connectivity index (χ3v) is 2.42. The Morgan fingerprint density at radius 1 is 0.875 bits per heavy atom. The minimum atomic E-state index is -1.57. The van der Waals surface area contributed by atoms with Gasteiger partial charge in [0.2, 0.25) is 0 Å². The molecule has 0 heterocycles. The normalized spacial score (nSPS) is 12.8. The molecule has 0 unspecified atom stereocenters. The molecule has 0 saturated heterocycles. The van der Waals surface area contributed by atoms with E-state index < -0.39 is 6.08 Å². The van der Waals surface area contributed by atoms with E-state index in [9.17, 15) is 8.78 Å². The first-order valence-corrected chi connectivity index (χ1v) is 5.88. The van der Waals surface area contributed by atoms with Crippen LogP contribution in [0.1, 0.15) is 52.9 Å². The maximum atomic E-state index is 11.8. The lowest BCUT2D eigenvalue weighted by Gasteiger charge is -2.00. The minimum Gasteiger partial charge on any atom is -0.174 e. The summed E-state index contributed by atoms with van der Waals surface area (Å²) in [6, 6.07) is 0. The van der Waals surface area contributed by atoms with Crippen LogP contribution in [0.2, 0.25) is 0 Å². The van der Waals surface area contributed by atoms with Crippen LogP contribution in [0.15, 0.2) is 35.5 Å². The summed E-state index contributed by atoms with van der Waals surface area (Å²) in [6.45, 7) is 6.26. The summed E-state index contributed by atoms with van der Waals surface area (Å²) in [5, 5.41) is 0. The molecule has 0 spiro atoms. The maximum absolute atomic E-state index is 11.8. The number of halogens is 2. The lowest BCUT2D eigenvalue weighted by Crippen LogP contribution is -1.80. The zero-order valence-electron chi connectivity index (χ0n) is 10.5. The fourth-order valence-corrected chi connectivity index (χ4v) is 1.51. The van der Waals surface area contributed by atoms with Gasteiger partial charge in [0.1, 0.15) is 0 Å². The van der Waals surface area contributed by atoms with Gasteiger partial charge >= 0.3 is 0 Å². The van der Waals surface area contributed by atoms with Crippen molar-refractivity contribution in [2.75, 3.05) is 0 Å². The van der Waals surface area contributed by atoms with Crippen molar-refractivity contribution in [3.8, 4) is 0 Å². The topological polar surface area (TPSA) is 0 Å². The van der Waals surface area contributed by atoms with Crippen molar-refractivity contribution >= 4 is 0 Å². The van der Waals surface area contributed by atoms with Gasteiger partial charge < -0.3 is 0 Å². The van der Waals surface area contributed by atoms with Crippen LogP contribution in [0, 0.1) is 0 Å². The molecule has 0 aliphatic heterocycles. The third-order valence-electron chi connectivity index (χ3n) is 2.42. The Morgan fingerprint density at radius 2 is 1.38 bits per heavy atom. The zero-order valence-corrected chi connectivity index (χ0v) is 10.5. The molecule has 0 aromatic carbocycles. The zero-order chi connectivity index (χ0) is 12.4. The van der Waals surface area contributed by atoms with E-state index >= 15 is 0 Å². The van der Waals surface area contributed by atoms with E-state index in [4.69, 9.17) is 0 Å². The van der Waals surface area contributed by atoms with Crippen LogP contribution in [-0.4, -0.2) is 0 Å². The van der Waals surface area contributed by atoms with Gasteiger partial charge in [-0.05, 0) is 52.0 Å². The molecular formula is C14H22F2. The molecule has 0 fully saturated rings. The summed E-state index contributed by atoms with van der Waals surface area (Å²) in [6.07, 6.45) is 8.11. The number of allylic oxidation sites excluding steroid dienone is 5. The number of rotatable bonds is 7. The van der Waals surface area contributed by atoms with E-state index in [1.165, 1.54) is 11.1 Å². The summed E-state index contributed by atoms with van der Waals surface area (Å²) in [5.74, 6) is 0. The predicted octanol–water partition coefficient (Wildman–Crippen LogP) is 5.63. The molecule has 0 aliphatic rings. The Bertz CT molecular complexity index is 268. The Balaban J connectivity index is 3.79. The van der Waals surface area contributed by atoms with Crippen LogP contribution in [0.25, 0.3) is 0 Å². The van der Waals surface area contributed by atoms with Gasteiger partial charge in [-0.2, -0.15) is 8.78 Å². The van der Waals surface area contributed by atoms with Crippen molar-refractivity contribution in [2.45, 2.75) is 52.9 Å². The average molecular weight is 228 g/mol. The molecule has 0 aromatic heterocycles. The molecule has 0 amide bonds. The Hall–Kier alpha value is -0.920. The van der Waals surface area contributed by atoms with Crippen molar-refractivity contribution in [3.63, 3.8) is 0 Å². The van der Waals surface area contributed by atoms with Gasteiger partial charge in [-0.25, -0.2) is 0 Å². The fourth-order valence-electron chi connectivity index (χ4n) is 1.51. The van der Waals surface area contributed by atoms with Crippen LogP contribution in [-0.2, 0) is 0 Å². The summed E-state index contributed by atoms with van der Waals surface area (Å²) in [4.78, 5) is 0. The van der Waals surface area contributed by atoms with Gasteiger partial charge in [-0.1, -0.05) is 30.2 Å². The van der Waals surface area contributed by atoms with Crippen molar-refractivity contribution in [1.29, 1.82) is 0 Å². The molecule has 0 saturated carbocycles. The number of hydrogen-bond acceptors (Lipinski definition) is 0. The second kappa shape index (κ2) is 9.32. The molecule has 0 rings (SSSR count). The first kappa shape index (κ1) is 15.1. The van der Waals surface area contributed by atoms with Crippen LogP contribution < -0.4 is 0 Å². The minimum absolute atomic E-state index is 0.439. The van der Waals surface area contributed by atoms with E-state index in [0.29, 0.717) is 6.42 Å². The molecule has 0 atom stereocenters. The average Bonchev–Trinajstić information content (AvgIpc) is 2.17. The van der Waals surface area contributed by atoms with Crippen molar-refractivity contribution in [3.05, 3.63) is 35.5 Å². The standard InChI is InChI=1S/C14H22F2/c1-4-7-12(2)8-5-9-13(3)10-6-11-14(15)16/h7,9,11H,4-6,8,10H2,1-3H3/b12-7+,13-9+. The summed E-state index contributed by atoms with van der Waals surface area (Å²) in [5.41, 5.74) is 2.60.